The van der Waals surface area contributed by atoms with E-state index in [1.807, 2.05) is 20.8 Å². The molecule has 1 atom stereocenters. The second-order valence-corrected chi connectivity index (χ2v) is 8.21. The van der Waals surface area contributed by atoms with Gasteiger partial charge < -0.3 is 9.64 Å². The lowest BCUT2D eigenvalue weighted by molar-refractivity contribution is 0.0176. The van der Waals surface area contributed by atoms with Crippen LogP contribution in [0.4, 0.5) is 4.79 Å². The van der Waals surface area contributed by atoms with Crippen molar-refractivity contribution in [1.29, 1.82) is 0 Å². The Morgan fingerprint density at radius 2 is 2.00 bits per heavy atom. The number of carbonyl (C=O) groups excluding carboxylic acids is 1. The van der Waals surface area contributed by atoms with Crippen LogP contribution in [0.25, 0.3) is 0 Å². The molecule has 0 radical (unpaired) electrons. The summed E-state index contributed by atoms with van der Waals surface area (Å²) in [6, 6.07) is 0. The van der Waals surface area contributed by atoms with Gasteiger partial charge in [-0.15, -0.1) is 0 Å². The number of carbonyl (C=O) groups is 1. The molecule has 1 saturated heterocycles. The van der Waals surface area contributed by atoms with Crippen LogP contribution in [0.5, 0.6) is 0 Å². The fourth-order valence-corrected chi connectivity index (χ4v) is 3.25. The highest BCUT2D eigenvalue weighted by molar-refractivity contribution is 7.90. The van der Waals surface area contributed by atoms with Crippen LogP contribution in [-0.4, -0.2) is 50.1 Å². The molecule has 0 N–H and O–H groups in total. The SMILES string of the molecule is CC(C)(C)OC(=O)N1CCCC(CS(C)(=O)=O)C1. The third kappa shape index (κ3) is 5.71. The molecule has 1 aliphatic rings. The van der Waals surface area contributed by atoms with Gasteiger partial charge in [0.1, 0.15) is 15.4 Å². The Hall–Kier alpha value is -0.780. The first-order valence-corrected chi connectivity index (χ1v) is 8.28. The molecule has 1 aliphatic heterocycles. The number of piperidine rings is 1. The van der Waals surface area contributed by atoms with Crippen LogP contribution < -0.4 is 0 Å². The highest BCUT2D eigenvalue weighted by Gasteiger charge is 2.28. The normalized spacial score (nSPS) is 21.8. The second-order valence-electron chi connectivity index (χ2n) is 6.03. The zero-order valence-electron chi connectivity index (χ0n) is 11.6. The summed E-state index contributed by atoms with van der Waals surface area (Å²) in [5, 5.41) is 0. The van der Waals surface area contributed by atoms with Gasteiger partial charge in [0, 0.05) is 19.3 Å². The van der Waals surface area contributed by atoms with Gasteiger partial charge in [0.15, 0.2) is 0 Å². The maximum absolute atomic E-state index is 11.9. The topological polar surface area (TPSA) is 63.7 Å². The average molecular weight is 277 g/mol. The van der Waals surface area contributed by atoms with Crippen molar-refractivity contribution < 1.29 is 17.9 Å². The van der Waals surface area contributed by atoms with Gasteiger partial charge in [-0.05, 0) is 39.5 Å². The van der Waals surface area contributed by atoms with Gasteiger partial charge in [0.2, 0.25) is 0 Å². The van der Waals surface area contributed by atoms with Gasteiger partial charge in [-0.25, -0.2) is 13.2 Å². The second kappa shape index (κ2) is 5.47. The summed E-state index contributed by atoms with van der Waals surface area (Å²) in [7, 11) is -2.99. The molecular formula is C12H23NO4S. The van der Waals surface area contributed by atoms with E-state index in [0.29, 0.717) is 13.1 Å². The maximum atomic E-state index is 11.9. The van der Waals surface area contributed by atoms with Crippen LogP contribution in [-0.2, 0) is 14.6 Å². The van der Waals surface area contributed by atoms with Crippen molar-refractivity contribution in [3.05, 3.63) is 0 Å². The predicted molar refractivity (Wildman–Crippen MR) is 70.2 cm³/mol. The van der Waals surface area contributed by atoms with Gasteiger partial charge in [0.05, 0.1) is 5.75 Å². The summed E-state index contributed by atoms with van der Waals surface area (Å²) < 4.78 is 27.8. The molecule has 0 saturated carbocycles. The molecule has 0 aromatic heterocycles. The van der Waals surface area contributed by atoms with Crippen LogP contribution in [0, 0.1) is 5.92 Å². The predicted octanol–water partition coefficient (Wildman–Crippen LogP) is 1.68. The van der Waals surface area contributed by atoms with Gasteiger partial charge in [-0.2, -0.15) is 0 Å². The Kier molecular flexibility index (Phi) is 4.64. The highest BCUT2D eigenvalue weighted by Crippen LogP contribution is 2.20. The lowest BCUT2D eigenvalue weighted by Crippen LogP contribution is -2.44. The molecular weight excluding hydrogens is 254 g/mol. The smallest absolute Gasteiger partial charge is 0.410 e. The van der Waals surface area contributed by atoms with Crippen LogP contribution in [0.2, 0.25) is 0 Å². The molecule has 106 valence electrons. The Morgan fingerprint density at radius 3 is 2.50 bits per heavy atom. The summed E-state index contributed by atoms with van der Waals surface area (Å²) in [4.78, 5) is 13.5. The van der Waals surface area contributed by atoms with E-state index in [1.165, 1.54) is 6.26 Å². The van der Waals surface area contributed by atoms with Crippen LogP contribution in [0.1, 0.15) is 33.6 Å². The van der Waals surface area contributed by atoms with Gasteiger partial charge in [-0.1, -0.05) is 0 Å². The monoisotopic (exact) mass is 277 g/mol. The fraction of sp³-hybridized carbons (Fsp3) is 0.917. The van der Waals surface area contributed by atoms with Gasteiger partial charge in [-0.3, -0.25) is 0 Å². The first-order valence-electron chi connectivity index (χ1n) is 6.22. The number of likely N-dealkylation sites (tertiary alicyclic amines) is 1. The summed E-state index contributed by atoms with van der Waals surface area (Å²) in [6.07, 6.45) is 2.58. The number of hydrogen-bond acceptors (Lipinski definition) is 4. The molecule has 1 fully saturated rings. The Morgan fingerprint density at radius 1 is 1.39 bits per heavy atom. The van der Waals surface area contributed by atoms with Gasteiger partial charge >= 0.3 is 6.09 Å². The molecule has 6 heteroatoms. The molecule has 0 aromatic carbocycles. The number of nitrogens with zero attached hydrogens (tertiary/aromatic N) is 1. The van der Waals surface area contributed by atoms with E-state index in [0.717, 1.165) is 12.8 Å². The zero-order chi connectivity index (χ0) is 14.0. The Bertz CT molecular complexity index is 397. The van der Waals surface area contributed by atoms with Crippen LogP contribution in [0.3, 0.4) is 0 Å². The fourth-order valence-electron chi connectivity index (χ4n) is 2.12. The number of sulfone groups is 1. The van der Waals surface area contributed by atoms with Crippen molar-refractivity contribution in [1.82, 2.24) is 4.90 Å². The molecule has 1 heterocycles. The summed E-state index contributed by atoms with van der Waals surface area (Å²) in [5.41, 5.74) is -0.513. The van der Waals surface area contributed by atoms with Crippen molar-refractivity contribution >= 4 is 15.9 Å². The van der Waals surface area contributed by atoms with Crippen LogP contribution >= 0.6 is 0 Å². The van der Waals surface area contributed by atoms with Crippen molar-refractivity contribution in [3.63, 3.8) is 0 Å². The lowest BCUT2D eigenvalue weighted by atomic mass is 10.0. The van der Waals surface area contributed by atoms with E-state index in [2.05, 4.69) is 0 Å². The maximum Gasteiger partial charge on any atom is 0.410 e. The summed E-state index contributed by atoms with van der Waals surface area (Å²) in [5.74, 6) is 0.174. The largest absolute Gasteiger partial charge is 0.444 e. The van der Waals surface area contributed by atoms with Crippen molar-refractivity contribution in [2.75, 3.05) is 25.1 Å². The summed E-state index contributed by atoms with van der Waals surface area (Å²) in [6.45, 7) is 6.59. The lowest BCUT2D eigenvalue weighted by Gasteiger charge is -2.33. The Balaban J connectivity index is 2.56. The Labute approximate surface area is 109 Å². The molecule has 1 amide bonds. The van der Waals surface area contributed by atoms with E-state index in [1.54, 1.807) is 4.90 Å². The van der Waals surface area contributed by atoms with Crippen molar-refractivity contribution in [2.24, 2.45) is 5.92 Å². The third-order valence-electron chi connectivity index (χ3n) is 2.71. The van der Waals surface area contributed by atoms with Crippen LogP contribution in [0.15, 0.2) is 0 Å². The molecule has 1 unspecified atom stereocenters. The molecule has 1 rings (SSSR count). The van der Waals surface area contributed by atoms with Crippen molar-refractivity contribution in [3.8, 4) is 0 Å². The molecule has 0 aliphatic carbocycles. The molecule has 18 heavy (non-hydrogen) atoms. The number of rotatable bonds is 2. The third-order valence-corrected chi connectivity index (χ3v) is 3.79. The highest BCUT2D eigenvalue weighted by atomic mass is 32.2. The number of hydrogen-bond donors (Lipinski definition) is 0. The van der Waals surface area contributed by atoms with Gasteiger partial charge in [0.25, 0.3) is 0 Å². The average Bonchev–Trinajstić information content (AvgIpc) is 2.12. The molecule has 0 bridgehead atoms. The quantitative estimate of drug-likeness (QED) is 0.770. The number of amides is 1. The minimum absolute atomic E-state index is 0.0290. The number of ether oxygens (including phenoxy) is 1. The minimum Gasteiger partial charge on any atom is -0.444 e. The minimum atomic E-state index is -2.99. The van der Waals surface area contributed by atoms with Crippen molar-refractivity contribution in [2.45, 2.75) is 39.2 Å². The van der Waals surface area contributed by atoms with E-state index in [-0.39, 0.29) is 17.8 Å². The zero-order valence-corrected chi connectivity index (χ0v) is 12.4. The van der Waals surface area contributed by atoms with E-state index >= 15 is 0 Å². The van der Waals surface area contributed by atoms with E-state index < -0.39 is 15.4 Å². The molecule has 0 aromatic rings. The standard InChI is InChI=1S/C12H23NO4S/c1-12(2,3)17-11(14)13-7-5-6-10(8-13)9-18(4,15)16/h10H,5-9H2,1-4H3. The molecule has 0 spiro atoms. The molecule has 5 nitrogen and oxygen atoms in total. The summed E-state index contributed by atoms with van der Waals surface area (Å²) >= 11 is 0. The van der Waals surface area contributed by atoms with E-state index in [9.17, 15) is 13.2 Å². The first kappa shape index (κ1) is 15.3. The first-order chi connectivity index (χ1) is 8.07. The van der Waals surface area contributed by atoms with E-state index in [4.69, 9.17) is 4.74 Å².